The number of aliphatic carboxylic acids is 1. The van der Waals surface area contributed by atoms with Crippen LogP contribution < -0.4 is 4.72 Å². The SMILES string of the molecule is O=C(O)C1CCCCCC1NS(=O)(=O)c1cccs1. The highest BCUT2D eigenvalue weighted by atomic mass is 32.2. The molecule has 0 spiro atoms. The van der Waals surface area contributed by atoms with Crippen molar-refractivity contribution in [2.75, 3.05) is 0 Å². The van der Waals surface area contributed by atoms with Gasteiger partial charge in [0.25, 0.3) is 0 Å². The maximum absolute atomic E-state index is 12.1. The van der Waals surface area contributed by atoms with Gasteiger partial charge in [0.1, 0.15) is 4.21 Å². The van der Waals surface area contributed by atoms with E-state index in [0.29, 0.717) is 12.8 Å². The van der Waals surface area contributed by atoms with Gasteiger partial charge < -0.3 is 5.11 Å². The van der Waals surface area contributed by atoms with Gasteiger partial charge in [0.2, 0.25) is 10.0 Å². The third-order valence-electron chi connectivity index (χ3n) is 3.40. The van der Waals surface area contributed by atoms with Crippen molar-refractivity contribution in [3.63, 3.8) is 0 Å². The number of carboxylic acid groups (broad SMARTS) is 1. The minimum atomic E-state index is -3.59. The Labute approximate surface area is 116 Å². The predicted molar refractivity (Wildman–Crippen MR) is 72.6 cm³/mol. The van der Waals surface area contributed by atoms with Crippen LogP contribution in [-0.4, -0.2) is 25.5 Å². The summed E-state index contributed by atoms with van der Waals surface area (Å²) in [5.74, 6) is -1.54. The fraction of sp³-hybridized carbons (Fsp3) is 0.583. The van der Waals surface area contributed by atoms with E-state index in [2.05, 4.69) is 4.72 Å². The molecule has 1 fully saturated rings. The van der Waals surface area contributed by atoms with Crippen LogP contribution in [0.5, 0.6) is 0 Å². The lowest BCUT2D eigenvalue weighted by molar-refractivity contribution is -0.142. The number of nitrogens with one attached hydrogen (secondary N) is 1. The Morgan fingerprint density at radius 3 is 2.68 bits per heavy atom. The highest BCUT2D eigenvalue weighted by molar-refractivity contribution is 7.91. The van der Waals surface area contributed by atoms with E-state index in [0.717, 1.165) is 30.6 Å². The van der Waals surface area contributed by atoms with Gasteiger partial charge in [-0.3, -0.25) is 4.79 Å². The molecule has 1 aliphatic rings. The van der Waals surface area contributed by atoms with Crippen molar-refractivity contribution in [3.05, 3.63) is 17.5 Å². The average molecular weight is 303 g/mol. The van der Waals surface area contributed by atoms with Gasteiger partial charge >= 0.3 is 5.97 Å². The summed E-state index contributed by atoms with van der Waals surface area (Å²) in [6.45, 7) is 0. The van der Waals surface area contributed by atoms with Crippen molar-refractivity contribution in [3.8, 4) is 0 Å². The number of carbonyl (C=O) groups is 1. The molecular formula is C12H17NO4S2. The maximum atomic E-state index is 12.1. The van der Waals surface area contributed by atoms with Gasteiger partial charge in [-0.1, -0.05) is 25.3 Å². The number of hydrogen-bond acceptors (Lipinski definition) is 4. The van der Waals surface area contributed by atoms with Crippen molar-refractivity contribution < 1.29 is 18.3 Å². The molecule has 0 aromatic carbocycles. The van der Waals surface area contributed by atoms with E-state index in [-0.39, 0.29) is 4.21 Å². The Balaban J connectivity index is 2.17. The summed E-state index contributed by atoms with van der Waals surface area (Å²) in [7, 11) is -3.59. The Hall–Kier alpha value is -0.920. The first-order chi connectivity index (χ1) is 9.00. The van der Waals surface area contributed by atoms with Gasteiger partial charge in [-0.15, -0.1) is 11.3 Å². The van der Waals surface area contributed by atoms with E-state index in [1.807, 2.05) is 0 Å². The molecule has 1 heterocycles. The van der Waals surface area contributed by atoms with E-state index in [1.165, 1.54) is 6.07 Å². The fourth-order valence-electron chi connectivity index (χ4n) is 2.42. The molecule has 7 heteroatoms. The minimum Gasteiger partial charge on any atom is -0.481 e. The summed E-state index contributed by atoms with van der Waals surface area (Å²) < 4.78 is 27.1. The lowest BCUT2D eigenvalue weighted by atomic mass is 9.96. The largest absolute Gasteiger partial charge is 0.481 e. The van der Waals surface area contributed by atoms with Gasteiger partial charge in [0.15, 0.2) is 0 Å². The maximum Gasteiger partial charge on any atom is 0.308 e. The molecule has 106 valence electrons. The highest BCUT2D eigenvalue weighted by Crippen LogP contribution is 2.26. The lowest BCUT2D eigenvalue weighted by Gasteiger charge is -2.22. The molecule has 0 saturated heterocycles. The van der Waals surface area contributed by atoms with Crippen LogP contribution in [0, 0.1) is 5.92 Å². The normalized spacial score (nSPS) is 24.8. The molecular weight excluding hydrogens is 286 g/mol. The van der Waals surface area contributed by atoms with Crippen molar-refractivity contribution in [2.24, 2.45) is 5.92 Å². The molecule has 0 amide bonds. The first-order valence-electron chi connectivity index (χ1n) is 6.29. The Kier molecular flexibility index (Phi) is 4.59. The van der Waals surface area contributed by atoms with E-state index in [1.54, 1.807) is 11.4 Å². The zero-order chi connectivity index (χ0) is 13.9. The van der Waals surface area contributed by atoms with E-state index < -0.39 is 28.0 Å². The first kappa shape index (κ1) is 14.5. The third-order valence-corrected chi connectivity index (χ3v) is 6.29. The molecule has 1 aliphatic carbocycles. The van der Waals surface area contributed by atoms with Crippen LogP contribution in [-0.2, 0) is 14.8 Å². The molecule has 2 rings (SSSR count). The lowest BCUT2D eigenvalue weighted by Crippen LogP contribution is -2.42. The number of sulfonamides is 1. The standard InChI is InChI=1S/C12H17NO4S2/c14-12(15)9-5-2-1-3-6-10(9)13-19(16,17)11-7-4-8-18-11/h4,7-10,13H,1-3,5-6H2,(H,14,15). The minimum absolute atomic E-state index is 0.237. The van der Waals surface area contributed by atoms with Crippen LogP contribution in [0.1, 0.15) is 32.1 Å². The molecule has 0 aliphatic heterocycles. The second-order valence-corrected chi connectivity index (χ2v) is 7.63. The molecule has 1 aromatic heterocycles. The van der Waals surface area contributed by atoms with Gasteiger partial charge in [-0.2, -0.15) is 0 Å². The molecule has 2 N–H and O–H groups in total. The number of carboxylic acids is 1. The summed E-state index contributed by atoms with van der Waals surface area (Å²) in [4.78, 5) is 11.3. The number of rotatable bonds is 4. The van der Waals surface area contributed by atoms with Crippen LogP contribution in [0.25, 0.3) is 0 Å². The van der Waals surface area contributed by atoms with Crippen molar-refractivity contribution in [1.82, 2.24) is 4.72 Å². The van der Waals surface area contributed by atoms with E-state index in [4.69, 9.17) is 0 Å². The highest BCUT2D eigenvalue weighted by Gasteiger charge is 2.33. The van der Waals surface area contributed by atoms with Crippen LogP contribution >= 0.6 is 11.3 Å². The first-order valence-corrected chi connectivity index (χ1v) is 8.65. The Morgan fingerprint density at radius 1 is 1.32 bits per heavy atom. The van der Waals surface area contributed by atoms with E-state index in [9.17, 15) is 18.3 Å². The zero-order valence-electron chi connectivity index (χ0n) is 10.4. The smallest absolute Gasteiger partial charge is 0.308 e. The summed E-state index contributed by atoms with van der Waals surface area (Å²) in [5.41, 5.74) is 0. The molecule has 1 saturated carbocycles. The van der Waals surface area contributed by atoms with Crippen LogP contribution in [0.3, 0.4) is 0 Å². The Bertz CT molecular complexity index is 524. The summed E-state index contributed by atoms with van der Waals surface area (Å²) in [6, 6.07) is 2.69. The third kappa shape index (κ3) is 3.55. The van der Waals surface area contributed by atoms with Crippen LogP contribution in [0.15, 0.2) is 21.7 Å². The van der Waals surface area contributed by atoms with Crippen molar-refractivity contribution in [2.45, 2.75) is 42.4 Å². The Morgan fingerprint density at radius 2 is 2.05 bits per heavy atom. The van der Waals surface area contributed by atoms with Crippen LogP contribution in [0.4, 0.5) is 0 Å². The van der Waals surface area contributed by atoms with Gasteiger partial charge in [-0.25, -0.2) is 13.1 Å². The van der Waals surface area contributed by atoms with Gasteiger partial charge in [0.05, 0.1) is 5.92 Å². The molecule has 2 atom stereocenters. The van der Waals surface area contributed by atoms with Gasteiger partial charge in [0, 0.05) is 6.04 Å². The summed E-state index contributed by atoms with van der Waals surface area (Å²) >= 11 is 1.14. The zero-order valence-corrected chi connectivity index (χ0v) is 12.0. The molecule has 0 radical (unpaired) electrons. The molecule has 5 nitrogen and oxygen atoms in total. The second-order valence-electron chi connectivity index (χ2n) is 4.74. The van der Waals surface area contributed by atoms with Crippen molar-refractivity contribution >= 4 is 27.3 Å². The predicted octanol–water partition coefficient (Wildman–Crippen LogP) is 2.06. The average Bonchev–Trinajstić information content (AvgIpc) is 2.78. The van der Waals surface area contributed by atoms with E-state index >= 15 is 0 Å². The summed E-state index contributed by atoms with van der Waals surface area (Å²) in [5, 5.41) is 10.9. The monoisotopic (exact) mass is 303 g/mol. The number of thiophene rings is 1. The van der Waals surface area contributed by atoms with Gasteiger partial charge in [-0.05, 0) is 24.3 Å². The molecule has 0 bridgehead atoms. The topological polar surface area (TPSA) is 83.5 Å². The van der Waals surface area contributed by atoms with Crippen LogP contribution in [0.2, 0.25) is 0 Å². The molecule has 2 unspecified atom stereocenters. The summed E-state index contributed by atoms with van der Waals surface area (Å²) in [6.07, 6.45) is 3.78. The molecule has 19 heavy (non-hydrogen) atoms. The number of hydrogen-bond donors (Lipinski definition) is 2. The second kappa shape index (κ2) is 6.02. The quantitative estimate of drug-likeness (QED) is 0.834. The van der Waals surface area contributed by atoms with Crippen molar-refractivity contribution in [1.29, 1.82) is 0 Å². The fourth-order valence-corrected chi connectivity index (χ4v) is 4.74. The molecule has 1 aromatic rings.